The predicted octanol–water partition coefficient (Wildman–Crippen LogP) is 5.43. The second-order valence-electron chi connectivity index (χ2n) is 8.69. The van der Waals surface area contributed by atoms with Crippen LogP contribution in [0.2, 0.25) is 25.7 Å². The summed E-state index contributed by atoms with van der Waals surface area (Å²) in [7, 11) is -7.54. The van der Waals surface area contributed by atoms with Crippen molar-refractivity contribution >= 4 is 18.2 Å². The molecule has 14 heteroatoms. The average molecular weight is 536 g/mol. The van der Waals surface area contributed by atoms with E-state index >= 15 is 0 Å². The van der Waals surface area contributed by atoms with Crippen LogP contribution >= 0.6 is 0 Å². The minimum absolute atomic E-state index is 0.00842. The lowest BCUT2D eigenvalue weighted by Gasteiger charge is -2.16. The maximum absolute atomic E-state index is 14.9. The van der Waals surface area contributed by atoms with Gasteiger partial charge in [0.15, 0.2) is 11.6 Å². The topological polar surface area (TPSA) is 83.3 Å². The number of hydrogen-bond donors (Lipinski definition) is 0. The van der Waals surface area contributed by atoms with Crippen LogP contribution in [0.1, 0.15) is 0 Å². The smallest absolute Gasteiger partial charge is 0.373 e. The van der Waals surface area contributed by atoms with Gasteiger partial charge in [-0.05, 0) is 30.3 Å². The molecule has 190 valence electrons. The van der Waals surface area contributed by atoms with Gasteiger partial charge in [0.25, 0.3) is 0 Å². The number of pyridine rings is 1. The van der Waals surface area contributed by atoms with Crippen molar-refractivity contribution in [2.24, 2.45) is 0 Å². The van der Waals surface area contributed by atoms with Crippen molar-refractivity contribution in [2.45, 2.75) is 37.9 Å². The molecule has 0 aliphatic heterocycles. The highest BCUT2D eigenvalue weighted by atomic mass is 32.2. The molecule has 0 amide bonds. The molecule has 0 radical (unpaired) electrons. The standard InChI is InChI=1S/C21H22F5N3O4SSi/c1-35(2,3)11-10-32-13-29-20(16-6-4-5-9-27-16)15(12-28-29)14-7-8-17(19(23)18(14)22)33-34(30,31)21(24,25)26/h4-9,12H,10-11,13H2,1-3H3. The number of alkyl halides is 3. The first kappa shape index (κ1) is 26.8. The van der Waals surface area contributed by atoms with E-state index in [1.807, 2.05) is 0 Å². The average Bonchev–Trinajstić information content (AvgIpc) is 3.17. The molecule has 0 N–H and O–H groups in total. The summed E-state index contributed by atoms with van der Waals surface area (Å²) in [4.78, 5) is 4.23. The fourth-order valence-electron chi connectivity index (χ4n) is 2.95. The third kappa shape index (κ3) is 6.24. The van der Waals surface area contributed by atoms with E-state index in [9.17, 15) is 30.4 Å². The van der Waals surface area contributed by atoms with E-state index in [0.717, 1.165) is 12.1 Å². The third-order valence-electron chi connectivity index (χ3n) is 4.78. The Labute approximate surface area is 199 Å². The van der Waals surface area contributed by atoms with E-state index in [1.54, 1.807) is 18.2 Å². The fourth-order valence-corrected chi connectivity index (χ4v) is 4.17. The van der Waals surface area contributed by atoms with Gasteiger partial charge in [-0.3, -0.25) is 4.98 Å². The van der Waals surface area contributed by atoms with Gasteiger partial charge in [-0.15, -0.1) is 0 Å². The van der Waals surface area contributed by atoms with Crippen LogP contribution in [0.5, 0.6) is 5.75 Å². The summed E-state index contributed by atoms with van der Waals surface area (Å²) in [6, 6.07) is 7.33. The summed E-state index contributed by atoms with van der Waals surface area (Å²) in [5.74, 6) is -4.94. The van der Waals surface area contributed by atoms with Gasteiger partial charge in [0.2, 0.25) is 5.82 Å². The molecule has 7 nitrogen and oxygen atoms in total. The Morgan fingerprint density at radius 1 is 1.03 bits per heavy atom. The van der Waals surface area contributed by atoms with Gasteiger partial charge in [0, 0.05) is 32.0 Å². The molecule has 0 spiro atoms. The number of rotatable bonds is 9. The number of aromatic nitrogens is 3. The number of halogens is 5. The molecule has 0 bridgehead atoms. The summed E-state index contributed by atoms with van der Waals surface area (Å²) in [6.45, 7) is 7.02. The Kier molecular flexibility index (Phi) is 7.67. The molecular formula is C21H22F5N3O4SSi. The van der Waals surface area contributed by atoms with E-state index in [4.69, 9.17) is 4.74 Å². The lowest BCUT2D eigenvalue weighted by atomic mass is 10.0. The molecule has 0 aliphatic rings. The van der Waals surface area contributed by atoms with Crippen molar-refractivity contribution in [3.8, 4) is 28.3 Å². The molecule has 0 fully saturated rings. The molecule has 3 aromatic rings. The van der Waals surface area contributed by atoms with Crippen molar-refractivity contribution in [3.05, 3.63) is 54.4 Å². The largest absolute Gasteiger partial charge is 0.534 e. The van der Waals surface area contributed by atoms with Gasteiger partial charge in [-0.25, -0.2) is 9.07 Å². The molecule has 1 aromatic carbocycles. The van der Waals surface area contributed by atoms with Gasteiger partial charge >= 0.3 is 15.6 Å². The van der Waals surface area contributed by atoms with Crippen LogP contribution in [0.3, 0.4) is 0 Å². The van der Waals surface area contributed by atoms with Crippen molar-refractivity contribution < 1.29 is 39.3 Å². The molecule has 2 aromatic heterocycles. The second kappa shape index (κ2) is 10.0. The summed E-state index contributed by atoms with van der Waals surface area (Å²) < 4.78 is 101. The van der Waals surface area contributed by atoms with E-state index in [2.05, 4.69) is 33.9 Å². The van der Waals surface area contributed by atoms with Crippen LogP contribution in [0, 0.1) is 11.6 Å². The lowest BCUT2D eigenvalue weighted by molar-refractivity contribution is -0.0501. The molecule has 0 aliphatic carbocycles. The summed E-state index contributed by atoms with van der Waals surface area (Å²) in [5, 5.41) is 4.19. The molecule has 35 heavy (non-hydrogen) atoms. The van der Waals surface area contributed by atoms with Gasteiger partial charge in [-0.1, -0.05) is 25.7 Å². The molecular weight excluding hydrogens is 513 g/mol. The first-order valence-corrected chi connectivity index (χ1v) is 15.4. The minimum Gasteiger partial charge on any atom is -0.373 e. The highest BCUT2D eigenvalue weighted by Crippen LogP contribution is 2.37. The molecule has 0 saturated carbocycles. The van der Waals surface area contributed by atoms with E-state index in [-0.39, 0.29) is 23.6 Å². The van der Waals surface area contributed by atoms with Gasteiger partial charge in [0.1, 0.15) is 6.73 Å². The Balaban J connectivity index is 2.00. The first-order valence-electron chi connectivity index (χ1n) is 10.3. The molecule has 3 rings (SSSR count). The zero-order chi connectivity index (χ0) is 26.0. The van der Waals surface area contributed by atoms with Gasteiger partial charge in [0.05, 0.1) is 17.6 Å². The van der Waals surface area contributed by atoms with Crippen LogP contribution < -0.4 is 4.18 Å². The van der Waals surface area contributed by atoms with E-state index in [0.29, 0.717) is 18.4 Å². The van der Waals surface area contributed by atoms with Crippen LogP contribution in [0.15, 0.2) is 42.7 Å². The summed E-state index contributed by atoms with van der Waals surface area (Å²) >= 11 is 0. The molecule has 0 saturated heterocycles. The summed E-state index contributed by atoms with van der Waals surface area (Å²) in [6.07, 6.45) is 2.72. The highest BCUT2D eigenvalue weighted by molar-refractivity contribution is 7.88. The third-order valence-corrected chi connectivity index (χ3v) is 7.45. The number of benzene rings is 1. The zero-order valence-corrected chi connectivity index (χ0v) is 20.8. The quantitative estimate of drug-likeness (QED) is 0.119. The monoisotopic (exact) mass is 535 g/mol. The highest BCUT2D eigenvalue weighted by Gasteiger charge is 2.49. The molecule has 0 unspecified atom stereocenters. The van der Waals surface area contributed by atoms with Crippen molar-refractivity contribution in [1.82, 2.24) is 14.8 Å². The Bertz CT molecular complexity index is 1290. The Hall–Kier alpha value is -2.84. The Morgan fingerprint density at radius 2 is 1.74 bits per heavy atom. The Morgan fingerprint density at radius 3 is 2.34 bits per heavy atom. The van der Waals surface area contributed by atoms with Crippen LogP contribution in [-0.2, 0) is 21.6 Å². The van der Waals surface area contributed by atoms with Crippen LogP contribution in [0.25, 0.3) is 22.5 Å². The number of nitrogens with zero attached hydrogens (tertiary/aromatic N) is 3. The van der Waals surface area contributed by atoms with E-state index in [1.165, 1.54) is 17.1 Å². The van der Waals surface area contributed by atoms with Gasteiger partial charge < -0.3 is 8.92 Å². The number of ether oxygens (including phenoxy) is 1. The summed E-state index contributed by atoms with van der Waals surface area (Å²) in [5.41, 5.74) is -5.49. The van der Waals surface area contributed by atoms with Crippen molar-refractivity contribution in [2.75, 3.05) is 6.61 Å². The van der Waals surface area contributed by atoms with Crippen molar-refractivity contribution in [3.63, 3.8) is 0 Å². The maximum atomic E-state index is 14.9. The van der Waals surface area contributed by atoms with Gasteiger partial charge in [-0.2, -0.15) is 31.1 Å². The van der Waals surface area contributed by atoms with Crippen LogP contribution in [0.4, 0.5) is 22.0 Å². The van der Waals surface area contributed by atoms with Crippen LogP contribution in [-0.4, -0.2) is 43.4 Å². The second-order valence-corrected chi connectivity index (χ2v) is 15.9. The number of hydrogen-bond acceptors (Lipinski definition) is 6. The molecule has 0 atom stereocenters. The minimum atomic E-state index is -6.18. The fraction of sp³-hybridized carbons (Fsp3) is 0.333. The maximum Gasteiger partial charge on any atom is 0.534 e. The molecule has 2 heterocycles. The SMILES string of the molecule is C[Si](C)(C)CCOCn1ncc(-c2ccc(OS(=O)(=O)C(F)(F)F)c(F)c2F)c1-c1ccccn1. The normalized spacial score (nSPS) is 12.7. The van der Waals surface area contributed by atoms with Crippen molar-refractivity contribution in [1.29, 1.82) is 0 Å². The predicted molar refractivity (Wildman–Crippen MR) is 121 cm³/mol. The lowest BCUT2D eigenvalue weighted by Crippen LogP contribution is -2.28. The van der Waals surface area contributed by atoms with E-state index < -0.39 is 41.1 Å². The zero-order valence-electron chi connectivity index (χ0n) is 18.9. The first-order chi connectivity index (χ1) is 16.2.